The van der Waals surface area contributed by atoms with Gasteiger partial charge in [0.1, 0.15) is 6.10 Å². The third-order valence-corrected chi connectivity index (χ3v) is 4.97. The van der Waals surface area contributed by atoms with Crippen LogP contribution in [0.1, 0.15) is 6.23 Å². The molecule has 1 aliphatic rings. The van der Waals surface area contributed by atoms with Crippen LogP contribution in [0, 0.1) is 12.3 Å². The zero-order valence-corrected chi connectivity index (χ0v) is 14.1. The molecular formula is C13H17N6O5P. The number of aromatic nitrogens is 4. The highest BCUT2D eigenvalue weighted by molar-refractivity contribution is 7.17. The highest BCUT2D eigenvalue weighted by Crippen LogP contribution is 2.34. The average molecular weight is 368 g/mol. The van der Waals surface area contributed by atoms with Crippen LogP contribution in [0.3, 0.4) is 0 Å². The molecule has 0 bridgehead atoms. The number of aliphatic hydroxyl groups excluding tert-OH is 2. The number of fused-ring (bicyclic) bond motifs is 1. The maximum atomic E-state index is 12.8. The lowest BCUT2D eigenvalue weighted by Crippen LogP contribution is -2.33. The first-order chi connectivity index (χ1) is 11.8. The van der Waals surface area contributed by atoms with E-state index in [1.165, 1.54) is 0 Å². The van der Waals surface area contributed by atoms with Crippen LogP contribution in [-0.2, 0) is 11.3 Å². The molecule has 11 nitrogen and oxygen atoms in total. The van der Waals surface area contributed by atoms with Crippen LogP contribution in [0.4, 0.5) is 5.95 Å². The number of ether oxygens (including phenoxy) is 1. The monoisotopic (exact) mass is 368 g/mol. The summed E-state index contributed by atoms with van der Waals surface area (Å²) < 4.78 is 8.17. The smallest absolute Gasteiger partial charge is 0.333 e. The Hall–Kier alpha value is -2.38. The quantitative estimate of drug-likeness (QED) is 0.250. The Labute approximate surface area is 143 Å². The van der Waals surface area contributed by atoms with Crippen LogP contribution in [-0.4, -0.2) is 53.5 Å². The Kier molecular flexibility index (Phi) is 4.30. The molecule has 0 saturated carbocycles. The number of terminal acetylenes is 1. The Bertz CT molecular complexity index is 988. The van der Waals surface area contributed by atoms with E-state index in [2.05, 4.69) is 20.1 Å². The van der Waals surface area contributed by atoms with Gasteiger partial charge in [-0.2, -0.15) is 9.66 Å². The number of hydrogen-bond acceptors (Lipinski definition) is 8. The average Bonchev–Trinajstić information content (AvgIpc) is 3.01. The zero-order valence-electron chi connectivity index (χ0n) is 12.9. The molecule has 1 fully saturated rings. The van der Waals surface area contributed by atoms with Crippen LogP contribution in [0.2, 0.25) is 0 Å². The number of imidazole rings is 1. The first-order valence-corrected chi connectivity index (χ1v) is 7.91. The number of aliphatic hydroxyl groups is 2. The van der Waals surface area contributed by atoms with Gasteiger partial charge in [0.25, 0.3) is 5.56 Å². The molecule has 3 unspecified atom stereocenters. The highest BCUT2D eigenvalue weighted by atomic mass is 31.0. The van der Waals surface area contributed by atoms with Gasteiger partial charge in [0.15, 0.2) is 17.4 Å². The van der Waals surface area contributed by atoms with E-state index in [-0.39, 0.29) is 30.3 Å². The number of rotatable bonds is 3. The Morgan fingerprint density at radius 1 is 1.44 bits per heavy atom. The maximum absolute atomic E-state index is 12.8. The van der Waals surface area contributed by atoms with E-state index in [1.807, 2.05) is 0 Å². The molecule has 0 aromatic carbocycles. The minimum Gasteiger partial charge on any atom is -0.394 e. The number of nitrogens with two attached hydrogens (primary N) is 2. The number of nitrogens with zero attached hydrogens (tertiary/aromatic N) is 4. The highest BCUT2D eigenvalue weighted by Gasteiger charge is 2.44. The van der Waals surface area contributed by atoms with Gasteiger partial charge in [-0.25, -0.2) is 9.36 Å². The van der Waals surface area contributed by atoms with E-state index in [0.717, 1.165) is 9.13 Å². The van der Waals surface area contributed by atoms with E-state index >= 15 is 0 Å². The Morgan fingerprint density at radius 2 is 2.12 bits per heavy atom. The molecule has 1 aliphatic heterocycles. The SMILES string of the molecule is C#CCn1c(=O)n(C2OC(CO)[C@@H](P)[C@H]2O)c2nc(N)n(N)c(=O)c21. The lowest BCUT2D eigenvalue weighted by molar-refractivity contribution is -0.0505. The molecule has 134 valence electrons. The van der Waals surface area contributed by atoms with E-state index in [9.17, 15) is 19.8 Å². The summed E-state index contributed by atoms with van der Waals surface area (Å²) in [5.41, 5.74) is 3.37. The molecule has 0 amide bonds. The van der Waals surface area contributed by atoms with Gasteiger partial charge >= 0.3 is 5.69 Å². The van der Waals surface area contributed by atoms with Crippen molar-refractivity contribution < 1.29 is 14.9 Å². The summed E-state index contributed by atoms with van der Waals surface area (Å²) in [6.07, 6.45) is 2.24. The van der Waals surface area contributed by atoms with Crippen molar-refractivity contribution >= 4 is 26.4 Å². The Morgan fingerprint density at radius 3 is 2.68 bits per heavy atom. The minimum atomic E-state index is -1.17. The molecule has 0 spiro atoms. The number of nitrogen functional groups attached to an aromatic ring is 2. The fourth-order valence-corrected chi connectivity index (χ4v) is 3.26. The second-order valence-electron chi connectivity index (χ2n) is 5.58. The number of anilines is 1. The molecule has 0 radical (unpaired) electrons. The van der Waals surface area contributed by atoms with Crippen LogP contribution < -0.4 is 22.8 Å². The fourth-order valence-electron chi connectivity index (χ4n) is 2.86. The third-order valence-electron chi connectivity index (χ3n) is 4.15. The van der Waals surface area contributed by atoms with Crippen molar-refractivity contribution in [1.82, 2.24) is 18.8 Å². The van der Waals surface area contributed by atoms with Crippen molar-refractivity contribution in [3.63, 3.8) is 0 Å². The second kappa shape index (κ2) is 6.16. The van der Waals surface area contributed by atoms with Gasteiger partial charge in [0.2, 0.25) is 5.95 Å². The summed E-state index contributed by atoms with van der Waals surface area (Å²) in [7, 11) is 2.36. The molecule has 2 aromatic heterocycles. The fraction of sp³-hybridized carbons (Fsp3) is 0.462. The molecular weight excluding hydrogens is 351 g/mol. The van der Waals surface area contributed by atoms with E-state index < -0.39 is 35.3 Å². The minimum absolute atomic E-state index is 0.107. The van der Waals surface area contributed by atoms with Gasteiger partial charge in [-0.15, -0.1) is 15.7 Å². The van der Waals surface area contributed by atoms with Gasteiger partial charge in [0.05, 0.1) is 19.3 Å². The van der Waals surface area contributed by atoms with Crippen molar-refractivity contribution in [3.05, 3.63) is 20.8 Å². The summed E-state index contributed by atoms with van der Waals surface area (Å²) in [6, 6.07) is 0. The van der Waals surface area contributed by atoms with Gasteiger partial charge in [-0.1, -0.05) is 5.92 Å². The van der Waals surface area contributed by atoms with E-state index in [0.29, 0.717) is 4.68 Å². The van der Waals surface area contributed by atoms with Crippen molar-refractivity contribution in [2.45, 2.75) is 30.6 Å². The van der Waals surface area contributed by atoms with Gasteiger partial charge in [-0.3, -0.25) is 9.36 Å². The Balaban J connectivity index is 2.34. The molecule has 6 N–H and O–H groups in total. The first kappa shape index (κ1) is 17.4. The van der Waals surface area contributed by atoms with Crippen LogP contribution >= 0.6 is 9.24 Å². The molecule has 3 heterocycles. The summed E-state index contributed by atoms with van der Waals surface area (Å²) in [5, 5.41) is 19.7. The topological polar surface area (TPSA) is 164 Å². The molecule has 12 heteroatoms. The number of hydrogen-bond donors (Lipinski definition) is 4. The lowest BCUT2D eigenvalue weighted by atomic mass is 10.2. The van der Waals surface area contributed by atoms with Crippen LogP contribution in [0.5, 0.6) is 0 Å². The third kappa shape index (κ3) is 2.42. The van der Waals surface area contributed by atoms with Crippen LogP contribution in [0.25, 0.3) is 11.2 Å². The van der Waals surface area contributed by atoms with Crippen molar-refractivity contribution in [3.8, 4) is 12.3 Å². The summed E-state index contributed by atoms with van der Waals surface area (Å²) in [4.78, 5) is 29.2. The first-order valence-electron chi connectivity index (χ1n) is 7.25. The lowest BCUT2D eigenvalue weighted by Gasteiger charge is -2.16. The van der Waals surface area contributed by atoms with Gasteiger partial charge in [-0.05, 0) is 0 Å². The molecule has 5 atom stereocenters. The largest absolute Gasteiger partial charge is 0.394 e. The predicted octanol–water partition coefficient (Wildman–Crippen LogP) is -3.22. The molecule has 0 aliphatic carbocycles. The van der Waals surface area contributed by atoms with Crippen molar-refractivity contribution in [2.24, 2.45) is 0 Å². The van der Waals surface area contributed by atoms with Crippen molar-refractivity contribution in [2.75, 3.05) is 18.2 Å². The van der Waals surface area contributed by atoms with Gasteiger partial charge in [0, 0.05) is 5.66 Å². The second-order valence-corrected chi connectivity index (χ2v) is 6.35. The summed E-state index contributed by atoms with van der Waals surface area (Å²) in [6.45, 7) is -0.565. The van der Waals surface area contributed by atoms with Crippen molar-refractivity contribution in [1.29, 1.82) is 0 Å². The summed E-state index contributed by atoms with van der Waals surface area (Å²) in [5.74, 6) is 7.50. The van der Waals surface area contributed by atoms with E-state index in [4.69, 9.17) is 22.7 Å². The normalized spacial score (nSPS) is 26.2. The zero-order chi connectivity index (χ0) is 18.5. The maximum Gasteiger partial charge on any atom is 0.333 e. The standard InChI is InChI=1S/C13H17N6O5P/c1-2-3-17-6-9(16-12(14)19(15)10(6)22)18(13(17)23)11-7(21)8(25)5(4-20)24-11/h1,5,7-8,11,20-21H,3-4,15,25H2,(H2,14,16)/t5?,7-,8-,11?/m1/s1. The molecule has 3 rings (SSSR count). The summed E-state index contributed by atoms with van der Waals surface area (Å²) >= 11 is 0. The molecule has 2 aromatic rings. The predicted molar refractivity (Wildman–Crippen MR) is 92.1 cm³/mol. The molecule has 25 heavy (non-hydrogen) atoms. The van der Waals surface area contributed by atoms with Crippen LogP contribution in [0.15, 0.2) is 9.59 Å². The van der Waals surface area contributed by atoms with Gasteiger partial charge < -0.3 is 26.5 Å². The molecule has 1 saturated heterocycles. The van der Waals surface area contributed by atoms with E-state index in [1.54, 1.807) is 0 Å².